The Morgan fingerprint density at radius 2 is 1.73 bits per heavy atom. The molecule has 7 heteroatoms. The van der Waals surface area contributed by atoms with Crippen LogP contribution in [0.2, 0.25) is 0 Å². The average Bonchev–Trinajstić information content (AvgIpc) is 2.84. The maximum absolute atomic E-state index is 13.9. The average molecular weight is 461 g/mol. The van der Waals surface area contributed by atoms with Gasteiger partial charge in [0.25, 0.3) is 5.91 Å². The summed E-state index contributed by atoms with van der Waals surface area (Å²) in [5, 5.41) is 0.397. The molecule has 3 aromatic rings. The van der Waals surface area contributed by atoms with Crippen LogP contribution in [0.15, 0.2) is 72.8 Å². The topological polar surface area (TPSA) is 51.2 Å². The van der Waals surface area contributed by atoms with Gasteiger partial charge in [-0.05, 0) is 61.6 Å². The fourth-order valence-electron chi connectivity index (χ4n) is 4.67. The normalized spacial score (nSPS) is 21.2. The van der Waals surface area contributed by atoms with Crippen molar-refractivity contribution in [2.45, 2.75) is 25.1 Å². The van der Waals surface area contributed by atoms with Crippen molar-refractivity contribution in [1.29, 1.82) is 0 Å². The molecule has 2 aliphatic rings. The van der Waals surface area contributed by atoms with Gasteiger partial charge in [-0.3, -0.25) is 14.6 Å². The number of ether oxygens (including phenoxy) is 3. The Morgan fingerprint density at radius 1 is 1.00 bits per heavy atom. The van der Waals surface area contributed by atoms with E-state index in [1.54, 1.807) is 43.4 Å². The third kappa shape index (κ3) is 3.40. The number of rotatable bonds is 4. The fraction of sp³-hybridized carbons (Fsp3) is 0.231. The zero-order chi connectivity index (χ0) is 23.2. The SMILES string of the molecule is COc1ccc(C(=O)N2C(=S)N(c3ccccc3)[C@@]3(C)C[C@H]2c2cccc(OC)c2O3)cc1. The van der Waals surface area contributed by atoms with E-state index in [1.165, 1.54) is 0 Å². The molecule has 168 valence electrons. The Balaban J connectivity index is 1.67. The number of thiocarbonyl (C=S) groups is 1. The minimum atomic E-state index is -0.790. The van der Waals surface area contributed by atoms with Crippen LogP contribution < -0.4 is 19.1 Å². The van der Waals surface area contributed by atoms with Gasteiger partial charge in [0, 0.05) is 23.2 Å². The molecule has 0 spiro atoms. The lowest BCUT2D eigenvalue weighted by molar-refractivity contribution is 0.0162. The lowest BCUT2D eigenvalue weighted by Crippen LogP contribution is -2.67. The summed E-state index contributed by atoms with van der Waals surface area (Å²) in [6.07, 6.45) is 0.546. The summed E-state index contributed by atoms with van der Waals surface area (Å²) < 4.78 is 17.4. The van der Waals surface area contributed by atoms with E-state index in [0.29, 0.717) is 34.3 Å². The third-order valence-corrected chi connectivity index (χ3v) is 6.61. The smallest absolute Gasteiger partial charge is 0.260 e. The van der Waals surface area contributed by atoms with Crippen LogP contribution >= 0.6 is 12.2 Å². The van der Waals surface area contributed by atoms with Crippen molar-refractivity contribution in [3.8, 4) is 17.2 Å². The maximum atomic E-state index is 13.9. The quantitative estimate of drug-likeness (QED) is 0.500. The number of anilines is 1. The zero-order valence-corrected chi connectivity index (χ0v) is 19.5. The molecule has 5 rings (SSSR count). The third-order valence-electron chi connectivity index (χ3n) is 6.23. The van der Waals surface area contributed by atoms with Crippen molar-refractivity contribution in [2.75, 3.05) is 19.1 Å². The van der Waals surface area contributed by atoms with Crippen LogP contribution in [0, 0.1) is 0 Å². The van der Waals surface area contributed by atoms with Gasteiger partial charge in [0.1, 0.15) is 5.75 Å². The lowest BCUT2D eigenvalue weighted by Gasteiger charge is -2.55. The van der Waals surface area contributed by atoms with Crippen LogP contribution in [-0.2, 0) is 0 Å². The molecule has 2 heterocycles. The van der Waals surface area contributed by atoms with Crippen molar-refractivity contribution in [2.24, 2.45) is 0 Å². The fourth-order valence-corrected chi connectivity index (χ4v) is 5.18. The summed E-state index contributed by atoms with van der Waals surface area (Å²) >= 11 is 5.97. The van der Waals surface area contributed by atoms with Gasteiger partial charge in [0.2, 0.25) is 0 Å². The Labute approximate surface area is 198 Å². The van der Waals surface area contributed by atoms with E-state index >= 15 is 0 Å². The number of benzene rings is 3. The molecule has 0 aromatic heterocycles. The molecule has 1 amide bonds. The van der Waals surface area contributed by atoms with Crippen molar-refractivity contribution < 1.29 is 19.0 Å². The molecule has 0 N–H and O–H groups in total. The van der Waals surface area contributed by atoms with E-state index in [1.807, 2.05) is 60.4 Å². The number of fused-ring (bicyclic) bond motifs is 4. The number of methoxy groups -OCH3 is 2. The molecule has 0 radical (unpaired) electrons. The molecule has 3 aromatic carbocycles. The summed E-state index contributed by atoms with van der Waals surface area (Å²) in [6, 6.07) is 22.3. The van der Waals surface area contributed by atoms with Crippen molar-refractivity contribution in [3.05, 3.63) is 83.9 Å². The van der Waals surface area contributed by atoms with Crippen LogP contribution in [0.1, 0.15) is 35.3 Å². The lowest BCUT2D eigenvalue weighted by atomic mass is 9.88. The van der Waals surface area contributed by atoms with Crippen molar-refractivity contribution in [1.82, 2.24) is 4.90 Å². The first-order valence-corrected chi connectivity index (χ1v) is 11.1. The Bertz CT molecular complexity index is 1210. The van der Waals surface area contributed by atoms with E-state index in [-0.39, 0.29) is 11.9 Å². The van der Waals surface area contributed by atoms with E-state index in [2.05, 4.69) is 0 Å². The van der Waals surface area contributed by atoms with Crippen LogP contribution in [0.25, 0.3) is 0 Å². The number of amides is 1. The number of hydrogen-bond donors (Lipinski definition) is 0. The van der Waals surface area contributed by atoms with Gasteiger partial charge in [0.15, 0.2) is 22.3 Å². The van der Waals surface area contributed by atoms with Gasteiger partial charge in [-0.2, -0.15) is 0 Å². The molecule has 1 saturated heterocycles. The molecule has 0 saturated carbocycles. The van der Waals surface area contributed by atoms with Crippen molar-refractivity contribution in [3.63, 3.8) is 0 Å². The molecule has 6 nitrogen and oxygen atoms in total. The predicted octanol–water partition coefficient (Wildman–Crippen LogP) is 5.19. The number of carbonyl (C=O) groups is 1. The first-order valence-electron chi connectivity index (χ1n) is 10.7. The molecule has 2 aliphatic heterocycles. The van der Waals surface area contributed by atoms with Crippen LogP contribution in [0.4, 0.5) is 5.69 Å². The molecule has 33 heavy (non-hydrogen) atoms. The number of para-hydroxylation sites is 2. The standard InChI is InChI=1S/C26H24N2O4S/c1-26-16-21(20-10-7-11-22(31-3)23(20)32-26)27(24(29)17-12-14-19(30-2)15-13-17)25(33)28(26)18-8-5-4-6-9-18/h4-15,21H,16H2,1-3H3/t21-,26+/m0/s1. The zero-order valence-electron chi connectivity index (χ0n) is 18.6. The minimum absolute atomic E-state index is 0.175. The number of hydrogen-bond acceptors (Lipinski definition) is 5. The van der Waals surface area contributed by atoms with E-state index in [0.717, 1.165) is 11.3 Å². The Morgan fingerprint density at radius 3 is 2.39 bits per heavy atom. The molecular formula is C26H24N2O4S. The highest BCUT2D eigenvalue weighted by atomic mass is 32.1. The molecular weight excluding hydrogens is 436 g/mol. The second-order valence-corrected chi connectivity index (χ2v) is 8.60. The van der Waals surface area contributed by atoms with E-state index in [4.69, 9.17) is 26.4 Å². The Kier molecular flexibility index (Phi) is 5.21. The highest BCUT2D eigenvalue weighted by Crippen LogP contribution is 2.52. The van der Waals surface area contributed by atoms with E-state index < -0.39 is 5.72 Å². The van der Waals surface area contributed by atoms with Crippen LogP contribution in [0.5, 0.6) is 17.2 Å². The maximum Gasteiger partial charge on any atom is 0.260 e. The van der Waals surface area contributed by atoms with Gasteiger partial charge >= 0.3 is 0 Å². The van der Waals surface area contributed by atoms with Gasteiger partial charge in [0.05, 0.1) is 20.3 Å². The summed E-state index contributed by atoms with van der Waals surface area (Å²) in [5.74, 6) is 1.77. The molecule has 1 fully saturated rings. The predicted molar refractivity (Wildman–Crippen MR) is 130 cm³/mol. The molecule has 2 bridgehead atoms. The summed E-state index contributed by atoms with van der Waals surface area (Å²) in [4.78, 5) is 17.5. The summed E-state index contributed by atoms with van der Waals surface area (Å²) in [6.45, 7) is 2.00. The molecule has 0 unspecified atom stereocenters. The highest BCUT2D eigenvalue weighted by Gasteiger charge is 2.54. The second-order valence-electron chi connectivity index (χ2n) is 8.23. The van der Waals surface area contributed by atoms with E-state index in [9.17, 15) is 4.79 Å². The monoisotopic (exact) mass is 460 g/mol. The van der Waals surface area contributed by atoms with Gasteiger partial charge in [-0.25, -0.2) is 0 Å². The summed E-state index contributed by atoms with van der Waals surface area (Å²) in [7, 11) is 3.22. The summed E-state index contributed by atoms with van der Waals surface area (Å²) in [5.41, 5.74) is 1.48. The molecule has 0 aliphatic carbocycles. The van der Waals surface area contributed by atoms with Gasteiger partial charge in [-0.15, -0.1) is 0 Å². The molecule has 2 atom stereocenters. The second kappa shape index (κ2) is 8.08. The first-order chi connectivity index (χ1) is 16.0. The van der Waals surface area contributed by atoms with Gasteiger partial charge < -0.3 is 14.2 Å². The van der Waals surface area contributed by atoms with Gasteiger partial charge in [-0.1, -0.05) is 30.3 Å². The van der Waals surface area contributed by atoms with Crippen LogP contribution in [0.3, 0.4) is 0 Å². The number of carbonyl (C=O) groups excluding carboxylic acids is 1. The largest absolute Gasteiger partial charge is 0.497 e. The highest BCUT2D eigenvalue weighted by molar-refractivity contribution is 7.80. The minimum Gasteiger partial charge on any atom is -0.497 e. The number of nitrogens with zero attached hydrogens (tertiary/aromatic N) is 2. The van der Waals surface area contributed by atoms with Crippen molar-refractivity contribution >= 4 is 28.9 Å². The van der Waals surface area contributed by atoms with Crippen LogP contribution in [-0.4, -0.2) is 35.9 Å². The Hall–Kier alpha value is -3.58. The first kappa shape index (κ1) is 21.3.